The van der Waals surface area contributed by atoms with E-state index in [-0.39, 0.29) is 5.56 Å². The topological polar surface area (TPSA) is 83.3 Å². The molecule has 2 N–H and O–H groups in total. The average molecular weight is 277 g/mol. The summed E-state index contributed by atoms with van der Waals surface area (Å²) in [4.78, 5) is 17.6. The zero-order valence-electron chi connectivity index (χ0n) is 11.9. The van der Waals surface area contributed by atoms with Crippen LogP contribution in [0.3, 0.4) is 0 Å². The molecule has 2 aromatic heterocycles. The molecule has 2 aromatic rings. The molecular weight excluding hydrogens is 258 g/mol. The number of carboxylic acid groups (broad SMARTS) is 1. The third kappa shape index (κ3) is 2.72. The second-order valence-electron chi connectivity index (χ2n) is 4.68. The van der Waals surface area contributed by atoms with Gasteiger partial charge in [0.25, 0.3) is 0 Å². The van der Waals surface area contributed by atoms with Crippen molar-refractivity contribution in [1.82, 2.24) is 19.7 Å². The maximum absolute atomic E-state index is 11.3. The Hall–Kier alpha value is -2.15. The molecule has 2 rings (SSSR count). The first kappa shape index (κ1) is 14.3. The number of pyridine rings is 1. The van der Waals surface area contributed by atoms with Gasteiger partial charge in [0.2, 0.25) is 0 Å². The number of carbonyl (C=O) groups is 1. The van der Waals surface area contributed by atoms with Gasteiger partial charge in [-0.15, -0.1) is 0 Å². The molecule has 108 valence electrons. The van der Waals surface area contributed by atoms with E-state index in [4.69, 9.17) is 0 Å². The van der Waals surface area contributed by atoms with E-state index in [2.05, 4.69) is 27.2 Å². The number of anilines is 1. The molecule has 2 heterocycles. The van der Waals surface area contributed by atoms with Crippen molar-refractivity contribution in [3.05, 3.63) is 18.0 Å². The summed E-state index contributed by atoms with van der Waals surface area (Å²) in [5.41, 5.74) is 1.42. The highest BCUT2D eigenvalue weighted by Gasteiger charge is 2.16. The van der Waals surface area contributed by atoms with Crippen molar-refractivity contribution < 1.29 is 9.90 Å². The molecule has 0 spiro atoms. The molecule has 0 unspecified atom stereocenters. The van der Waals surface area contributed by atoms with E-state index in [0.29, 0.717) is 17.9 Å². The summed E-state index contributed by atoms with van der Waals surface area (Å²) in [6, 6.07) is 0. The van der Waals surface area contributed by atoms with Gasteiger partial charge >= 0.3 is 5.97 Å². The zero-order chi connectivity index (χ0) is 14.7. The Bertz CT molecular complexity index is 622. The van der Waals surface area contributed by atoms with Gasteiger partial charge in [-0.05, 0) is 13.6 Å². The Morgan fingerprint density at radius 2 is 2.25 bits per heavy atom. The van der Waals surface area contributed by atoms with Crippen LogP contribution >= 0.6 is 0 Å². The van der Waals surface area contributed by atoms with Gasteiger partial charge < -0.3 is 15.3 Å². The maximum atomic E-state index is 11.3. The summed E-state index contributed by atoms with van der Waals surface area (Å²) >= 11 is 0. The summed E-state index contributed by atoms with van der Waals surface area (Å²) in [6.45, 7) is 4.53. The minimum absolute atomic E-state index is 0.171. The lowest BCUT2D eigenvalue weighted by Gasteiger charge is -2.16. The predicted octanol–water partition coefficient (Wildman–Crippen LogP) is 1.03. The summed E-state index contributed by atoms with van der Waals surface area (Å²) in [5.74, 6) is -0.991. The van der Waals surface area contributed by atoms with E-state index in [1.807, 2.05) is 7.05 Å². The number of nitrogens with one attached hydrogen (secondary N) is 1. The van der Waals surface area contributed by atoms with Gasteiger partial charge in [-0.1, -0.05) is 6.92 Å². The van der Waals surface area contributed by atoms with Crippen molar-refractivity contribution in [2.75, 3.05) is 32.0 Å². The third-order valence-corrected chi connectivity index (χ3v) is 3.33. The van der Waals surface area contributed by atoms with Crippen LogP contribution in [0, 0.1) is 0 Å². The van der Waals surface area contributed by atoms with Gasteiger partial charge in [0.1, 0.15) is 5.56 Å². The SMILES string of the molecule is CCN(C)CCNc1c(C(=O)O)cnc2c1cnn2C. The van der Waals surface area contributed by atoms with Crippen LogP contribution in [0.5, 0.6) is 0 Å². The molecule has 0 saturated heterocycles. The molecule has 7 heteroatoms. The number of carboxylic acids is 1. The van der Waals surface area contributed by atoms with Crippen LogP contribution in [-0.4, -0.2) is 57.4 Å². The summed E-state index contributed by atoms with van der Waals surface area (Å²) in [7, 11) is 3.80. The molecule has 20 heavy (non-hydrogen) atoms. The van der Waals surface area contributed by atoms with Gasteiger partial charge in [-0.3, -0.25) is 4.68 Å². The van der Waals surface area contributed by atoms with Crippen LogP contribution in [0.25, 0.3) is 11.0 Å². The highest BCUT2D eigenvalue weighted by atomic mass is 16.4. The summed E-state index contributed by atoms with van der Waals surface area (Å²) < 4.78 is 1.63. The van der Waals surface area contributed by atoms with Crippen molar-refractivity contribution in [3.63, 3.8) is 0 Å². The molecule has 0 aliphatic rings. The second-order valence-corrected chi connectivity index (χ2v) is 4.68. The second kappa shape index (κ2) is 5.87. The van der Waals surface area contributed by atoms with Crippen molar-refractivity contribution in [2.24, 2.45) is 7.05 Å². The fourth-order valence-corrected chi connectivity index (χ4v) is 1.98. The Balaban J connectivity index is 2.32. The van der Waals surface area contributed by atoms with E-state index >= 15 is 0 Å². The number of hydrogen-bond donors (Lipinski definition) is 2. The molecule has 7 nitrogen and oxygen atoms in total. The number of rotatable bonds is 6. The van der Waals surface area contributed by atoms with Crippen molar-refractivity contribution in [1.29, 1.82) is 0 Å². The van der Waals surface area contributed by atoms with E-state index in [1.54, 1.807) is 17.9 Å². The van der Waals surface area contributed by atoms with Crippen molar-refractivity contribution >= 4 is 22.7 Å². The number of aryl methyl sites for hydroxylation is 1. The minimum Gasteiger partial charge on any atom is -0.478 e. The van der Waals surface area contributed by atoms with Gasteiger partial charge in [0.15, 0.2) is 5.65 Å². The Labute approximate surface area is 117 Å². The van der Waals surface area contributed by atoms with Crippen LogP contribution in [0.1, 0.15) is 17.3 Å². The molecule has 0 aliphatic carbocycles. The molecule has 0 aromatic carbocycles. The van der Waals surface area contributed by atoms with Crippen molar-refractivity contribution in [2.45, 2.75) is 6.92 Å². The first-order valence-electron chi connectivity index (χ1n) is 6.51. The van der Waals surface area contributed by atoms with Crippen LogP contribution in [0.2, 0.25) is 0 Å². The lowest BCUT2D eigenvalue weighted by Crippen LogP contribution is -2.25. The van der Waals surface area contributed by atoms with E-state index in [9.17, 15) is 9.90 Å². The van der Waals surface area contributed by atoms with E-state index in [0.717, 1.165) is 18.5 Å². The highest BCUT2D eigenvalue weighted by Crippen LogP contribution is 2.25. The number of aromatic carboxylic acids is 1. The van der Waals surface area contributed by atoms with Gasteiger partial charge in [0, 0.05) is 26.3 Å². The monoisotopic (exact) mass is 277 g/mol. The fourth-order valence-electron chi connectivity index (χ4n) is 1.98. The molecule has 0 fully saturated rings. The molecule has 0 radical (unpaired) electrons. The number of hydrogen-bond acceptors (Lipinski definition) is 5. The Morgan fingerprint density at radius 1 is 1.50 bits per heavy atom. The van der Waals surface area contributed by atoms with Crippen LogP contribution in [0.15, 0.2) is 12.4 Å². The van der Waals surface area contributed by atoms with E-state index < -0.39 is 5.97 Å². The van der Waals surface area contributed by atoms with Gasteiger partial charge in [-0.25, -0.2) is 9.78 Å². The average Bonchev–Trinajstić information content (AvgIpc) is 2.80. The normalized spacial score (nSPS) is 11.2. The Morgan fingerprint density at radius 3 is 2.90 bits per heavy atom. The smallest absolute Gasteiger partial charge is 0.339 e. The van der Waals surface area contributed by atoms with E-state index in [1.165, 1.54) is 6.20 Å². The molecule has 0 atom stereocenters. The maximum Gasteiger partial charge on any atom is 0.339 e. The van der Waals surface area contributed by atoms with Gasteiger partial charge in [-0.2, -0.15) is 5.10 Å². The number of fused-ring (bicyclic) bond motifs is 1. The summed E-state index contributed by atoms with van der Waals surface area (Å²) in [5, 5.41) is 17.3. The lowest BCUT2D eigenvalue weighted by atomic mass is 10.2. The van der Waals surface area contributed by atoms with Crippen LogP contribution in [-0.2, 0) is 7.05 Å². The third-order valence-electron chi connectivity index (χ3n) is 3.33. The highest BCUT2D eigenvalue weighted by molar-refractivity contribution is 6.03. The van der Waals surface area contributed by atoms with Crippen LogP contribution < -0.4 is 5.32 Å². The number of aromatic nitrogens is 3. The van der Waals surface area contributed by atoms with Gasteiger partial charge in [0.05, 0.1) is 17.3 Å². The zero-order valence-corrected chi connectivity index (χ0v) is 11.9. The van der Waals surface area contributed by atoms with Crippen LogP contribution in [0.4, 0.5) is 5.69 Å². The lowest BCUT2D eigenvalue weighted by molar-refractivity contribution is 0.0697. The predicted molar refractivity (Wildman–Crippen MR) is 77.1 cm³/mol. The minimum atomic E-state index is -0.991. The summed E-state index contributed by atoms with van der Waals surface area (Å²) in [6.07, 6.45) is 3.01. The largest absolute Gasteiger partial charge is 0.478 e. The number of likely N-dealkylation sites (N-methyl/N-ethyl adjacent to an activating group) is 1. The van der Waals surface area contributed by atoms with Crippen molar-refractivity contribution in [3.8, 4) is 0 Å². The molecule has 0 bridgehead atoms. The number of nitrogens with zero attached hydrogens (tertiary/aromatic N) is 4. The molecule has 0 aliphatic heterocycles. The molecule has 0 amide bonds. The molecular formula is C13H19N5O2. The fraction of sp³-hybridized carbons (Fsp3) is 0.462. The quantitative estimate of drug-likeness (QED) is 0.820. The molecule has 0 saturated carbocycles. The standard InChI is InChI=1S/C13H19N5O2/c1-4-17(2)6-5-14-11-9-8-16-18(3)12(9)15-7-10(11)13(19)20/h7-8H,4-6H2,1-3H3,(H,14,15)(H,19,20). The first-order valence-corrected chi connectivity index (χ1v) is 6.51. The first-order chi connectivity index (χ1) is 9.54. The Kier molecular flexibility index (Phi) is 4.19.